The fourth-order valence-electron chi connectivity index (χ4n) is 1.57. The van der Waals surface area contributed by atoms with Crippen LogP contribution in [0.2, 0.25) is 0 Å². The highest BCUT2D eigenvalue weighted by Crippen LogP contribution is 2.22. The standard InChI is InChI=1S/C14H19N3O/c1-14(2,8-10-16)13(18)17-12-5-3-11(4-6-12)7-9-15/h3-6H,7-8,10,16H2,1-2H3,(H,17,18). The molecule has 0 fully saturated rings. The van der Waals surface area contributed by atoms with Crippen molar-refractivity contribution in [2.24, 2.45) is 11.1 Å². The second-order valence-corrected chi connectivity index (χ2v) is 4.91. The van der Waals surface area contributed by atoms with Gasteiger partial charge in [0.1, 0.15) is 0 Å². The second-order valence-electron chi connectivity index (χ2n) is 4.91. The predicted molar refractivity (Wildman–Crippen MR) is 71.8 cm³/mol. The third-order valence-electron chi connectivity index (χ3n) is 2.88. The van der Waals surface area contributed by atoms with E-state index >= 15 is 0 Å². The van der Waals surface area contributed by atoms with Crippen LogP contribution in [-0.2, 0) is 11.2 Å². The molecular formula is C14H19N3O. The van der Waals surface area contributed by atoms with Crippen LogP contribution in [0.4, 0.5) is 5.69 Å². The van der Waals surface area contributed by atoms with Gasteiger partial charge in [-0.2, -0.15) is 5.26 Å². The van der Waals surface area contributed by atoms with Crippen LogP contribution in [0.5, 0.6) is 0 Å². The maximum atomic E-state index is 12.0. The number of amides is 1. The topological polar surface area (TPSA) is 78.9 Å². The number of nitriles is 1. The highest BCUT2D eigenvalue weighted by molar-refractivity contribution is 5.94. The lowest BCUT2D eigenvalue weighted by Crippen LogP contribution is -2.32. The molecule has 0 heterocycles. The van der Waals surface area contributed by atoms with Crippen molar-refractivity contribution >= 4 is 11.6 Å². The van der Waals surface area contributed by atoms with Crippen LogP contribution < -0.4 is 11.1 Å². The number of benzene rings is 1. The average molecular weight is 245 g/mol. The molecule has 1 aromatic carbocycles. The molecule has 0 radical (unpaired) electrons. The molecule has 0 aliphatic rings. The molecule has 1 aromatic rings. The first-order chi connectivity index (χ1) is 8.49. The first-order valence-corrected chi connectivity index (χ1v) is 5.97. The summed E-state index contributed by atoms with van der Waals surface area (Å²) in [6.45, 7) is 4.24. The van der Waals surface area contributed by atoms with Gasteiger partial charge in [-0.1, -0.05) is 26.0 Å². The van der Waals surface area contributed by atoms with Crippen molar-refractivity contribution in [1.82, 2.24) is 0 Å². The predicted octanol–water partition coefficient (Wildman–Crippen LogP) is 2.07. The second kappa shape index (κ2) is 6.18. The van der Waals surface area contributed by atoms with Gasteiger partial charge in [0.05, 0.1) is 12.5 Å². The Labute approximate surface area is 108 Å². The fraction of sp³-hybridized carbons (Fsp3) is 0.429. The van der Waals surface area contributed by atoms with Gasteiger partial charge in [-0.05, 0) is 30.7 Å². The number of hydrogen-bond acceptors (Lipinski definition) is 3. The summed E-state index contributed by atoms with van der Waals surface area (Å²) in [5, 5.41) is 11.4. The van der Waals surface area contributed by atoms with Crippen LogP contribution in [0.15, 0.2) is 24.3 Å². The Balaban J connectivity index is 2.68. The minimum absolute atomic E-state index is 0.0408. The van der Waals surface area contributed by atoms with Crippen molar-refractivity contribution in [1.29, 1.82) is 5.26 Å². The molecule has 0 bridgehead atoms. The number of carbonyl (C=O) groups excluding carboxylic acids is 1. The minimum Gasteiger partial charge on any atom is -0.330 e. The van der Waals surface area contributed by atoms with E-state index in [-0.39, 0.29) is 5.91 Å². The summed E-state index contributed by atoms with van der Waals surface area (Å²) in [7, 11) is 0. The van der Waals surface area contributed by atoms with Crippen LogP contribution in [0.25, 0.3) is 0 Å². The van der Waals surface area contributed by atoms with Gasteiger partial charge >= 0.3 is 0 Å². The fourth-order valence-corrected chi connectivity index (χ4v) is 1.57. The van der Waals surface area contributed by atoms with E-state index in [1.54, 1.807) is 0 Å². The maximum Gasteiger partial charge on any atom is 0.230 e. The molecule has 4 heteroatoms. The number of nitrogens with one attached hydrogen (secondary N) is 1. The highest BCUT2D eigenvalue weighted by Gasteiger charge is 2.26. The van der Waals surface area contributed by atoms with E-state index in [1.807, 2.05) is 38.1 Å². The van der Waals surface area contributed by atoms with Gasteiger partial charge in [-0.15, -0.1) is 0 Å². The number of rotatable bonds is 5. The molecule has 0 atom stereocenters. The van der Waals surface area contributed by atoms with Crippen molar-refractivity contribution < 1.29 is 4.79 Å². The molecular weight excluding hydrogens is 226 g/mol. The Morgan fingerprint density at radius 3 is 2.50 bits per heavy atom. The number of hydrogen-bond donors (Lipinski definition) is 2. The first-order valence-electron chi connectivity index (χ1n) is 5.97. The van der Waals surface area contributed by atoms with Crippen molar-refractivity contribution in [3.8, 4) is 6.07 Å². The molecule has 96 valence electrons. The summed E-state index contributed by atoms with van der Waals surface area (Å²) in [6, 6.07) is 9.39. The van der Waals surface area contributed by atoms with Crippen molar-refractivity contribution in [3.63, 3.8) is 0 Å². The van der Waals surface area contributed by atoms with Gasteiger partial charge in [0.15, 0.2) is 0 Å². The number of anilines is 1. The molecule has 0 aliphatic carbocycles. The first kappa shape index (κ1) is 14.2. The van der Waals surface area contributed by atoms with E-state index < -0.39 is 5.41 Å². The zero-order chi connectivity index (χ0) is 13.6. The molecule has 0 aromatic heterocycles. The van der Waals surface area contributed by atoms with Crippen LogP contribution in [0, 0.1) is 16.7 Å². The molecule has 3 N–H and O–H groups in total. The Kier molecular flexibility index (Phi) is 4.87. The molecule has 18 heavy (non-hydrogen) atoms. The Morgan fingerprint density at radius 2 is 2.00 bits per heavy atom. The van der Waals surface area contributed by atoms with Crippen LogP contribution in [0.1, 0.15) is 25.8 Å². The zero-order valence-corrected chi connectivity index (χ0v) is 10.9. The van der Waals surface area contributed by atoms with Gasteiger partial charge < -0.3 is 11.1 Å². The number of nitrogens with two attached hydrogens (primary N) is 1. The van der Waals surface area contributed by atoms with E-state index in [0.717, 1.165) is 11.3 Å². The van der Waals surface area contributed by atoms with Gasteiger partial charge in [-0.3, -0.25) is 4.79 Å². The summed E-state index contributed by atoms with van der Waals surface area (Å²) >= 11 is 0. The summed E-state index contributed by atoms with van der Waals surface area (Å²) in [5.74, 6) is -0.0408. The molecule has 0 aliphatic heterocycles. The maximum absolute atomic E-state index is 12.0. The Morgan fingerprint density at radius 1 is 1.39 bits per heavy atom. The minimum atomic E-state index is -0.472. The van der Waals surface area contributed by atoms with E-state index in [9.17, 15) is 4.79 Å². The van der Waals surface area contributed by atoms with Gasteiger partial charge in [0.2, 0.25) is 5.91 Å². The van der Waals surface area contributed by atoms with Gasteiger partial charge in [-0.25, -0.2) is 0 Å². The van der Waals surface area contributed by atoms with Gasteiger partial charge in [0, 0.05) is 11.1 Å². The largest absolute Gasteiger partial charge is 0.330 e. The van der Waals surface area contributed by atoms with E-state index in [4.69, 9.17) is 11.0 Å². The molecule has 0 spiro atoms. The van der Waals surface area contributed by atoms with Crippen molar-refractivity contribution in [3.05, 3.63) is 29.8 Å². The third-order valence-corrected chi connectivity index (χ3v) is 2.88. The molecule has 1 rings (SSSR count). The van der Waals surface area contributed by atoms with Crippen LogP contribution >= 0.6 is 0 Å². The van der Waals surface area contributed by atoms with Gasteiger partial charge in [0.25, 0.3) is 0 Å². The van der Waals surface area contributed by atoms with Crippen LogP contribution in [-0.4, -0.2) is 12.5 Å². The molecule has 1 amide bonds. The normalized spacial score (nSPS) is 10.8. The summed E-state index contributed by atoms with van der Waals surface area (Å²) in [5.41, 5.74) is 6.70. The number of nitrogens with zero attached hydrogens (tertiary/aromatic N) is 1. The molecule has 0 unspecified atom stereocenters. The third kappa shape index (κ3) is 3.86. The zero-order valence-electron chi connectivity index (χ0n) is 10.9. The lowest BCUT2D eigenvalue weighted by molar-refractivity contribution is -0.124. The summed E-state index contributed by atoms with van der Waals surface area (Å²) < 4.78 is 0. The summed E-state index contributed by atoms with van der Waals surface area (Å²) in [6.07, 6.45) is 1.03. The smallest absolute Gasteiger partial charge is 0.230 e. The van der Waals surface area contributed by atoms with E-state index in [0.29, 0.717) is 19.4 Å². The highest BCUT2D eigenvalue weighted by atomic mass is 16.2. The molecule has 4 nitrogen and oxygen atoms in total. The molecule has 0 saturated carbocycles. The monoisotopic (exact) mass is 245 g/mol. The molecule has 0 saturated heterocycles. The van der Waals surface area contributed by atoms with E-state index in [1.165, 1.54) is 0 Å². The van der Waals surface area contributed by atoms with Crippen LogP contribution in [0.3, 0.4) is 0 Å². The van der Waals surface area contributed by atoms with Crippen molar-refractivity contribution in [2.75, 3.05) is 11.9 Å². The van der Waals surface area contributed by atoms with Crippen molar-refractivity contribution in [2.45, 2.75) is 26.7 Å². The SMILES string of the molecule is CC(C)(CCN)C(=O)Nc1ccc(CC#N)cc1. The number of carbonyl (C=O) groups is 1. The summed E-state index contributed by atoms with van der Waals surface area (Å²) in [4.78, 5) is 12.0. The lowest BCUT2D eigenvalue weighted by Gasteiger charge is -2.22. The Bertz CT molecular complexity index is 443. The lowest BCUT2D eigenvalue weighted by atomic mass is 9.88. The average Bonchev–Trinajstić information content (AvgIpc) is 2.32. The quantitative estimate of drug-likeness (QED) is 0.833. The Hall–Kier alpha value is -1.86. The van der Waals surface area contributed by atoms with E-state index in [2.05, 4.69) is 11.4 Å².